The van der Waals surface area contributed by atoms with Gasteiger partial charge in [0.25, 0.3) is 0 Å². The van der Waals surface area contributed by atoms with Gasteiger partial charge in [0, 0.05) is 18.6 Å². The summed E-state index contributed by atoms with van der Waals surface area (Å²) in [6.07, 6.45) is 2.56. The minimum absolute atomic E-state index is 0.616. The molecule has 2 unspecified atom stereocenters. The summed E-state index contributed by atoms with van der Waals surface area (Å²) in [5, 5.41) is 3.51. The second-order valence-electron chi connectivity index (χ2n) is 5.69. The molecule has 1 saturated heterocycles. The Balaban J connectivity index is 2.63. The highest BCUT2D eigenvalue weighted by Gasteiger charge is 2.27. The number of rotatable bonds is 4. The highest BCUT2D eigenvalue weighted by atomic mass is 15.2. The predicted molar refractivity (Wildman–Crippen MR) is 70.8 cm³/mol. The van der Waals surface area contributed by atoms with Gasteiger partial charge in [-0.2, -0.15) is 0 Å². The molecular weight excluding hydrogens is 198 g/mol. The zero-order chi connectivity index (χ0) is 12.1. The molecule has 1 rings (SSSR count). The molecule has 1 aliphatic heterocycles. The fourth-order valence-electron chi connectivity index (χ4n) is 2.72. The summed E-state index contributed by atoms with van der Waals surface area (Å²) in [6, 6.07) is 1.27. The molecule has 1 aliphatic rings. The molecule has 96 valence electrons. The number of likely N-dealkylation sites (N-methyl/N-ethyl adjacent to an activating group) is 3. The number of hydrogen-bond acceptors (Lipinski definition) is 3. The van der Waals surface area contributed by atoms with Gasteiger partial charge in [-0.25, -0.2) is 0 Å². The van der Waals surface area contributed by atoms with Gasteiger partial charge in [-0.1, -0.05) is 13.8 Å². The van der Waals surface area contributed by atoms with Crippen LogP contribution in [0.3, 0.4) is 0 Å². The Hall–Kier alpha value is -0.120. The topological polar surface area (TPSA) is 18.5 Å². The minimum Gasteiger partial charge on any atom is -0.315 e. The zero-order valence-corrected chi connectivity index (χ0v) is 11.7. The van der Waals surface area contributed by atoms with Crippen LogP contribution in [0.15, 0.2) is 0 Å². The molecule has 16 heavy (non-hydrogen) atoms. The summed E-state index contributed by atoms with van der Waals surface area (Å²) in [6.45, 7) is 8.27. The second-order valence-corrected chi connectivity index (χ2v) is 5.69. The number of nitrogens with one attached hydrogen (secondary N) is 1. The maximum atomic E-state index is 3.51. The van der Waals surface area contributed by atoms with Crippen molar-refractivity contribution in [2.45, 2.75) is 38.8 Å². The molecule has 0 aromatic heterocycles. The van der Waals surface area contributed by atoms with Crippen molar-refractivity contribution in [2.24, 2.45) is 5.92 Å². The van der Waals surface area contributed by atoms with Crippen LogP contribution in [0.25, 0.3) is 0 Å². The van der Waals surface area contributed by atoms with Crippen LogP contribution < -0.4 is 5.32 Å². The van der Waals surface area contributed by atoms with E-state index in [4.69, 9.17) is 0 Å². The smallest absolute Gasteiger partial charge is 0.0373 e. The third-order valence-electron chi connectivity index (χ3n) is 3.68. The Morgan fingerprint density at radius 3 is 2.50 bits per heavy atom. The first kappa shape index (κ1) is 13.9. The van der Waals surface area contributed by atoms with Gasteiger partial charge in [-0.05, 0) is 53.0 Å². The molecule has 2 atom stereocenters. The Morgan fingerprint density at radius 1 is 1.25 bits per heavy atom. The maximum absolute atomic E-state index is 3.51. The van der Waals surface area contributed by atoms with Gasteiger partial charge in [0.05, 0.1) is 0 Å². The molecular formula is C13H29N3. The summed E-state index contributed by atoms with van der Waals surface area (Å²) >= 11 is 0. The van der Waals surface area contributed by atoms with E-state index in [1.807, 2.05) is 0 Å². The van der Waals surface area contributed by atoms with Crippen molar-refractivity contribution in [1.29, 1.82) is 0 Å². The van der Waals surface area contributed by atoms with Gasteiger partial charge in [0.15, 0.2) is 0 Å². The second kappa shape index (κ2) is 6.58. The molecule has 0 aromatic carbocycles. The summed E-state index contributed by atoms with van der Waals surface area (Å²) in [4.78, 5) is 5.01. The summed E-state index contributed by atoms with van der Waals surface area (Å²) < 4.78 is 0. The van der Waals surface area contributed by atoms with E-state index in [2.05, 4.69) is 50.1 Å². The Labute approximate surface area is 101 Å². The van der Waals surface area contributed by atoms with Crippen LogP contribution in [0, 0.1) is 5.92 Å². The molecule has 0 radical (unpaired) electrons. The summed E-state index contributed by atoms with van der Waals surface area (Å²) in [7, 11) is 6.62. The van der Waals surface area contributed by atoms with E-state index in [-0.39, 0.29) is 0 Å². The van der Waals surface area contributed by atoms with Gasteiger partial charge >= 0.3 is 0 Å². The first-order valence-corrected chi connectivity index (χ1v) is 6.60. The highest BCUT2D eigenvalue weighted by molar-refractivity contribution is 4.87. The van der Waals surface area contributed by atoms with Crippen LogP contribution in [-0.4, -0.2) is 62.7 Å². The number of hydrogen-bond donors (Lipinski definition) is 1. The average Bonchev–Trinajstić information content (AvgIpc) is 2.37. The van der Waals surface area contributed by atoms with E-state index >= 15 is 0 Å². The minimum atomic E-state index is 0.616. The largest absolute Gasteiger partial charge is 0.315 e. The molecule has 3 heteroatoms. The molecule has 3 nitrogen and oxygen atoms in total. The first-order valence-electron chi connectivity index (χ1n) is 6.60. The van der Waals surface area contributed by atoms with Crippen molar-refractivity contribution >= 4 is 0 Å². The van der Waals surface area contributed by atoms with Crippen molar-refractivity contribution < 1.29 is 0 Å². The molecule has 0 amide bonds. The van der Waals surface area contributed by atoms with Gasteiger partial charge in [0.2, 0.25) is 0 Å². The maximum Gasteiger partial charge on any atom is 0.0373 e. The summed E-state index contributed by atoms with van der Waals surface area (Å²) in [5.41, 5.74) is 0. The van der Waals surface area contributed by atoms with Crippen molar-refractivity contribution in [3.63, 3.8) is 0 Å². The molecule has 0 aromatic rings. The Kier molecular flexibility index (Phi) is 5.73. The van der Waals surface area contributed by atoms with Crippen LogP contribution >= 0.6 is 0 Å². The number of nitrogens with zero attached hydrogens (tertiary/aromatic N) is 2. The fourth-order valence-corrected chi connectivity index (χ4v) is 2.72. The quantitative estimate of drug-likeness (QED) is 0.780. The normalized spacial score (nSPS) is 27.0. The third-order valence-corrected chi connectivity index (χ3v) is 3.68. The van der Waals surface area contributed by atoms with E-state index in [1.165, 1.54) is 32.5 Å². The van der Waals surface area contributed by atoms with Gasteiger partial charge < -0.3 is 15.1 Å². The predicted octanol–water partition coefficient (Wildman–Crippen LogP) is 1.26. The van der Waals surface area contributed by atoms with E-state index in [1.54, 1.807) is 0 Å². The van der Waals surface area contributed by atoms with Crippen molar-refractivity contribution in [3.05, 3.63) is 0 Å². The van der Waals surface area contributed by atoms with Crippen molar-refractivity contribution in [3.8, 4) is 0 Å². The van der Waals surface area contributed by atoms with Crippen molar-refractivity contribution in [2.75, 3.05) is 40.8 Å². The summed E-state index contributed by atoms with van der Waals surface area (Å²) in [5.74, 6) is 0.763. The van der Waals surface area contributed by atoms with E-state index in [9.17, 15) is 0 Å². The highest BCUT2D eigenvalue weighted by Crippen LogP contribution is 2.15. The lowest BCUT2D eigenvalue weighted by molar-refractivity contribution is 0.169. The van der Waals surface area contributed by atoms with Gasteiger partial charge in [0.1, 0.15) is 0 Å². The fraction of sp³-hybridized carbons (Fsp3) is 1.00. The van der Waals surface area contributed by atoms with Crippen molar-refractivity contribution in [1.82, 2.24) is 15.1 Å². The van der Waals surface area contributed by atoms with Crippen LogP contribution in [-0.2, 0) is 0 Å². The lowest BCUT2D eigenvalue weighted by Crippen LogP contribution is -2.51. The third kappa shape index (κ3) is 4.04. The molecule has 0 spiro atoms. The molecule has 1 fully saturated rings. The van der Waals surface area contributed by atoms with Gasteiger partial charge in [-0.15, -0.1) is 0 Å². The molecule has 0 saturated carbocycles. The van der Waals surface area contributed by atoms with Gasteiger partial charge in [-0.3, -0.25) is 0 Å². The molecule has 0 bridgehead atoms. The van der Waals surface area contributed by atoms with E-state index < -0.39 is 0 Å². The first-order chi connectivity index (χ1) is 7.54. The molecule has 0 aliphatic carbocycles. The Morgan fingerprint density at radius 2 is 1.94 bits per heavy atom. The Bertz CT molecular complexity index is 194. The van der Waals surface area contributed by atoms with E-state index in [0.29, 0.717) is 12.1 Å². The average molecular weight is 227 g/mol. The lowest BCUT2D eigenvalue weighted by Gasteiger charge is -2.35. The standard InChI is InChI=1S/C13H29N3/c1-11(2)9-12(14-3)13-10-15(4)7-6-8-16(13)5/h11-14H,6-10H2,1-5H3. The monoisotopic (exact) mass is 227 g/mol. The molecule has 1 heterocycles. The zero-order valence-electron chi connectivity index (χ0n) is 11.7. The van der Waals surface area contributed by atoms with Crippen LogP contribution in [0.2, 0.25) is 0 Å². The molecule has 1 N–H and O–H groups in total. The van der Waals surface area contributed by atoms with Crippen LogP contribution in [0.1, 0.15) is 26.7 Å². The SMILES string of the molecule is CNC(CC(C)C)C1CN(C)CCCN1C. The van der Waals surface area contributed by atoms with Crippen LogP contribution in [0.4, 0.5) is 0 Å². The lowest BCUT2D eigenvalue weighted by atomic mass is 9.96. The van der Waals surface area contributed by atoms with E-state index in [0.717, 1.165) is 5.92 Å². The van der Waals surface area contributed by atoms with Crippen LogP contribution in [0.5, 0.6) is 0 Å².